The standard InChI is InChI=1S/C17H35N3/c1-6-9-18-16(17(3,4)5)13-20-12-15-8-7-10-19(15)11-14(20)2/h14-16,18H,6-13H2,1-5H3. The second-order valence-corrected chi connectivity index (χ2v) is 7.97. The lowest BCUT2D eigenvalue weighted by Gasteiger charge is -2.45. The number of nitrogens with one attached hydrogen (secondary N) is 1. The fourth-order valence-corrected chi connectivity index (χ4v) is 3.70. The van der Waals surface area contributed by atoms with Gasteiger partial charge in [0.2, 0.25) is 0 Å². The molecule has 0 amide bonds. The van der Waals surface area contributed by atoms with Crippen LogP contribution in [0.5, 0.6) is 0 Å². The third-order valence-electron chi connectivity index (χ3n) is 5.17. The van der Waals surface area contributed by atoms with Crippen LogP contribution in [-0.4, -0.2) is 60.6 Å². The first-order chi connectivity index (χ1) is 9.41. The number of fused-ring (bicyclic) bond motifs is 1. The van der Waals surface area contributed by atoms with Crippen LogP contribution in [0.4, 0.5) is 0 Å². The van der Waals surface area contributed by atoms with Crippen molar-refractivity contribution in [2.75, 3.05) is 32.7 Å². The van der Waals surface area contributed by atoms with E-state index in [4.69, 9.17) is 0 Å². The van der Waals surface area contributed by atoms with Crippen molar-refractivity contribution < 1.29 is 0 Å². The summed E-state index contributed by atoms with van der Waals surface area (Å²) in [6.45, 7) is 18.0. The van der Waals surface area contributed by atoms with Crippen molar-refractivity contribution in [2.45, 2.75) is 72.0 Å². The van der Waals surface area contributed by atoms with E-state index in [1.165, 1.54) is 45.4 Å². The van der Waals surface area contributed by atoms with Crippen molar-refractivity contribution >= 4 is 0 Å². The molecule has 3 atom stereocenters. The third-order valence-corrected chi connectivity index (χ3v) is 5.17. The van der Waals surface area contributed by atoms with E-state index in [0.717, 1.165) is 12.6 Å². The van der Waals surface area contributed by atoms with E-state index in [1.54, 1.807) is 0 Å². The summed E-state index contributed by atoms with van der Waals surface area (Å²) < 4.78 is 0. The molecule has 2 fully saturated rings. The minimum atomic E-state index is 0.335. The van der Waals surface area contributed by atoms with Gasteiger partial charge in [0, 0.05) is 37.8 Å². The molecular weight excluding hydrogens is 246 g/mol. The molecule has 0 saturated carbocycles. The molecule has 3 heteroatoms. The highest BCUT2D eigenvalue weighted by molar-refractivity contribution is 4.93. The molecule has 0 spiro atoms. The maximum Gasteiger partial charge on any atom is 0.0243 e. The summed E-state index contributed by atoms with van der Waals surface area (Å²) in [5.74, 6) is 0. The predicted molar refractivity (Wildman–Crippen MR) is 87.2 cm³/mol. The highest BCUT2D eigenvalue weighted by Crippen LogP contribution is 2.27. The molecule has 1 N–H and O–H groups in total. The summed E-state index contributed by atoms with van der Waals surface area (Å²) in [5.41, 5.74) is 0.335. The average Bonchev–Trinajstić information content (AvgIpc) is 2.79. The molecule has 20 heavy (non-hydrogen) atoms. The molecule has 3 unspecified atom stereocenters. The van der Waals surface area contributed by atoms with Crippen LogP contribution >= 0.6 is 0 Å². The molecule has 0 radical (unpaired) electrons. The van der Waals surface area contributed by atoms with E-state index in [-0.39, 0.29) is 0 Å². The number of hydrogen-bond donors (Lipinski definition) is 1. The summed E-state index contributed by atoms with van der Waals surface area (Å²) in [4.78, 5) is 5.46. The van der Waals surface area contributed by atoms with E-state index in [2.05, 4.69) is 49.7 Å². The quantitative estimate of drug-likeness (QED) is 0.835. The molecular formula is C17H35N3. The van der Waals surface area contributed by atoms with Gasteiger partial charge in [0.15, 0.2) is 0 Å². The SMILES string of the molecule is CCCNC(CN1CC2CCCN2CC1C)C(C)(C)C. The number of hydrogen-bond acceptors (Lipinski definition) is 3. The molecule has 0 aromatic rings. The van der Waals surface area contributed by atoms with Crippen LogP contribution in [-0.2, 0) is 0 Å². The van der Waals surface area contributed by atoms with Crippen LogP contribution in [0.1, 0.15) is 53.9 Å². The molecule has 2 rings (SSSR count). The van der Waals surface area contributed by atoms with Gasteiger partial charge in [-0.3, -0.25) is 9.80 Å². The third kappa shape index (κ3) is 3.96. The van der Waals surface area contributed by atoms with Crippen molar-refractivity contribution in [3.05, 3.63) is 0 Å². The molecule has 0 bridgehead atoms. The fraction of sp³-hybridized carbons (Fsp3) is 1.00. The minimum Gasteiger partial charge on any atom is -0.312 e. The summed E-state index contributed by atoms with van der Waals surface area (Å²) in [6.07, 6.45) is 4.03. The zero-order valence-electron chi connectivity index (χ0n) is 14.3. The topological polar surface area (TPSA) is 18.5 Å². The van der Waals surface area contributed by atoms with Gasteiger partial charge in [-0.05, 0) is 44.7 Å². The van der Waals surface area contributed by atoms with E-state index in [0.29, 0.717) is 17.5 Å². The van der Waals surface area contributed by atoms with Gasteiger partial charge in [-0.1, -0.05) is 27.7 Å². The van der Waals surface area contributed by atoms with Crippen LogP contribution in [0.25, 0.3) is 0 Å². The Kier molecular flexibility index (Phi) is 5.49. The van der Waals surface area contributed by atoms with Crippen LogP contribution in [0.2, 0.25) is 0 Å². The molecule has 0 aromatic carbocycles. The van der Waals surface area contributed by atoms with E-state index < -0.39 is 0 Å². The lowest BCUT2D eigenvalue weighted by atomic mass is 9.85. The summed E-state index contributed by atoms with van der Waals surface area (Å²) in [6, 6.07) is 2.13. The number of rotatable bonds is 5. The smallest absolute Gasteiger partial charge is 0.0243 e. The molecule has 2 saturated heterocycles. The average molecular weight is 281 g/mol. The number of piperazine rings is 1. The van der Waals surface area contributed by atoms with Gasteiger partial charge >= 0.3 is 0 Å². The Hall–Kier alpha value is -0.120. The van der Waals surface area contributed by atoms with Crippen LogP contribution in [0, 0.1) is 5.41 Å². The van der Waals surface area contributed by atoms with Crippen LogP contribution in [0.15, 0.2) is 0 Å². The summed E-state index contributed by atoms with van der Waals surface area (Å²) >= 11 is 0. The van der Waals surface area contributed by atoms with E-state index >= 15 is 0 Å². The van der Waals surface area contributed by atoms with Gasteiger partial charge in [-0.25, -0.2) is 0 Å². The highest BCUT2D eigenvalue weighted by atomic mass is 15.3. The van der Waals surface area contributed by atoms with Crippen molar-refractivity contribution in [3.8, 4) is 0 Å². The van der Waals surface area contributed by atoms with Crippen LogP contribution in [0.3, 0.4) is 0 Å². The lowest BCUT2D eigenvalue weighted by Crippen LogP contribution is -2.59. The van der Waals surface area contributed by atoms with Crippen molar-refractivity contribution in [3.63, 3.8) is 0 Å². The van der Waals surface area contributed by atoms with Gasteiger partial charge in [-0.2, -0.15) is 0 Å². The Morgan fingerprint density at radius 2 is 2.00 bits per heavy atom. The zero-order valence-corrected chi connectivity index (χ0v) is 14.3. The highest BCUT2D eigenvalue weighted by Gasteiger charge is 2.36. The van der Waals surface area contributed by atoms with E-state index in [9.17, 15) is 0 Å². The predicted octanol–water partition coefficient (Wildman–Crippen LogP) is 2.57. The van der Waals surface area contributed by atoms with Crippen molar-refractivity contribution in [2.24, 2.45) is 5.41 Å². The Bertz CT molecular complexity index is 297. The molecule has 2 aliphatic rings. The van der Waals surface area contributed by atoms with Crippen LogP contribution < -0.4 is 5.32 Å². The first-order valence-electron chi connectivity index (χ1n) is 8.63. The van der Waals surface area contributed by atoms with Gasteiger partial charge in [-0.15, -0.1) is 0 Å². The molecule has 2 heterocycles. The monoisotopic (exact) mass is 281 g/mol. The normalized spacial score (nSPS) is 30.4. The van der Waals surface area contributed by atoms with Gasteiger partial charge < -0.3 is 5.32 Å². The summed E-state index contributed by atoms with van der Waals surface area (Å²) in [5, 5.41) is 3.78. The van der Waals surface area contributed by atoms with Gasteiger partial charge in [0.25, 0.3) is 0 Å². The van der Waals surface area contributed by atoms with E-state index in [1.807, 2.05) is 0 Å². The summed E-state index contributed by atoms with van der Waals surface area (Å²) in [7, 11) is 0. The molecule has 3 nitrogen and oxygen atoms in total. The lowest BCUT2D eigenvalue weighted by molar-refractivity contribution is 0.0406. The Morgan fingerprint density at radius 3 is 2.65 bits per heavy atom. The molecule has 0 aliphatic carbocycles. The first-order valence-corrected chi connectivity index (χ1v) is 8.63. The Balaban J connectivity index is 1.94. The largest absolute Gasteiger partial charge is 0.312 e. The maximum atomic E-state index is 3.78. The maximum absolute atomic E-state index is 3.78. The minimum absolute atomic E-state index is 0.335. The zero-order chi connectivity index (χ0) is 14.8. The molecule has 2 aliphatic heterocycles. The second-order valence-electron chi connectivity index (χ2n) is 7.97. The molecule has 0 aromatic heterocycles. The molecule has 118 valence electrons. The van der Waals surface area contributed by atoms with Crippen molar-refractivity contribution in [1.82, 2.24) is 15.1 Å². The number of nitrogens with zero attached hydrogens (tertiary/aromatic N) is 2. The Morgan fingerprint density at radius 1 is 1.25 bits per heavy atom. The van der Waals surface area contributed by atoms with Crippen molar-refractivity contribution in [1.29, 1.82) is 0 Å². The van der Waals surface area contributed by atoms with Gasteiger partial charge in [0.1, 0.15) is 0 Å². The Labute approximate surface area is 126 Å². The first kappa shape index (κ1) is 16.3. The second kappa shape index (κ2) is 6.76. The van der Waals surface area contributed by atoms with Gasteiger partial charge in [0.05, 0.1) is 0 Å². The fourth-order valence-electron chi connectivity index (χ4n) is 3.70.